The van der Waals surface area contributed by atoms with E-state index in [2.05, 4.69) is 30.1 Å². The predicted octanol–water partition coefficient (Wildman–Crippen LogP) is 4.01. The summed E-state index contributed by atoms with van der Waals surface area (Å²) in [4.78, 5) is 2.30. The quantitative estimate of drug-likeness (QED) is 0.856. The Hall–Kier alpha value is -1.51. The zero-order valence-electron chi connectivity index (χ0n) is 11.5. The molecule has 1 atom stereocenters. The van der Waals surface area contributed by atoms with E-state index in [1.165, 1.54) is 16.7 Å². The molecule has 0 unspecified atom stereocenters. The maximum Gasteiger partial charge on any atom is 0.115 e. The summed E-state index contributed by atoms with van der Waals surface area (Å²) < 4.78 is 0. The molecule has 0 fully saturated rings. The molecular weight excluding hydrogens is 270 g/mol. The molecule has 1 heterocycles. The minimum Gasteiger partial charge on any atom is -0.508 e. The average Bonchev–Trinajstić information content (AvgIpc) is 2.58. The summed E-state index contributed by atoms with van der Waals surface area (Å²) >= 11 is 5.99. The number of hydrogen-bond donors (Lipinski definition) is 1. The van der Waals surface area contributed by atoms with E-state index >= 15 is 0 Å². The third-order valence-corrected chi connectivity index (χ3v) is 4.27. The number of halogens is 1. The second-order valence-corrected chi connectivity index (χ2v) is 5.95. The van der Waals surface area contributed by atoms with Gasteiger partial charge in [-0.15, -0.1) is 0 Å². The minimum atomic E-state index is 0.342. The molecule has 0 saturated carbocycles. The first-order valence-corrected chi connectivity index (χ1v) is 7.27. The summed E-state index contributed by atoms with van der Waals surface area (Å²) in [6, 6.07) is 13.8. The normalized spacial score (nSPS) is 19.4. The summed E-state index contributed by atoms with van der Waals surface area (Å²) in [6.07, 6.45) is 1.08. The molecule has 0 amide bonds. The zero-order valence-corrected chi connectivity index (χ0v) is 12.3. The van der Waals surface area contributed by atoms with Gasteiger partial charge in [0.25, 0.3) is 0 Å². The second-order valence-electron chi connectivity index (χ2n) is 5.51. The average molecular weight is 288 g/mol. The van der Waals surface area contributed by atoms with Crippen LogP contribution in [0, 0.1) is 0 Å². The number of rotatable bonds is 1. The molecule has 1 aliphatic heterocycles. The first kappa shape index (κ1) is 13.5. The summed E-state index contributed by atoms with van der Waals surface area (Å²) in [5.74, 6) is 0.710. The van der Waals surface area contributed by atoms with Gasteiger partial charge >= 0.3 is 0 Å². The van der Waals surface area contributed by atoms with Crippen LogP contribution in [-0.2, 0) is 6.54 Å². The molecule has 0 spiro atoms. The van der Waals surface area contributed by atoms with Gasteiger partial charge in [0.05, 0.1) is 0 Å². The van der Waals surface area contributed by atoms with Gasteiger partial charge in [0.1, 0.15) is 5.75 Å². The van der Waals surface area contributed by atoms with Crippen molar-refractivity contribution in [1.82, 2.24) is 4.90 Å². The zero-order chi connectivity index (χ0) is 14.1. The van der Waals surface area contributed by atoms with Crippen molar-refractivity contribution in [3.05, 3.63) is 64.2 Å². The fourth-order valence-electron chi connectivity index (χ4n) is 2.99. The van der Waals surface area contributed by atoms with Gasteiger partial charge in [-0.3, -0.25) is 0 Å². The molecule has 3 rings (SSSR count). The number of aromatic hydroxyl groups is 1. The van der Waals surface area contributed by atoms with Crippen molar-refractivity contribution in [2.24, 2.45) is 0 Å². The van der Waals surface area contributed by atoms with Crippen LogP contribution in [0.3, 0.4) is 0 Å². The summed E-state index contributed by atoms with van der Waals surface area (Å²) in [5, 5.41) is 10.5. The van der Waals surface area contributed by atoms with E-state index in [1.54, 1.807) is 6.07 Å². The van der Waals surface area contributed by atoms with Crippen LogP contribution in [0.15, 0.2) is 42.5 Å². The number of phenols is 1. The standard InChI is InChI=1S/C17H18ClNO/c1-19-9-8-17(12-2-4-14(18)5-3-12)16-7-6-15(20)10-13(16)11-19/h2-7,10,17,20H,8-9,11H2,1H3/t17-/m0/s1. The number of benzene rings is 2. The van der Waals surface area contributed by atoms with Crippen molar-refractivity contribution in [3.63, 3.8) is 0 Å². The second kappa shape index (κ2) is 5.47. The Morgan fingerprint density at radius 1 is 1.15 bits per heavy atom. The Morgan fingerprint density at radius 2 is 1.90 bits per heavy atom. The number of fused-ring (bicyclic) bond motifs is 1. The summed E-state index contributed by atoms with van der Waals surface area (Å²) in [6.45, 7) is 1.93. The van der Waals surface area contributed by atoms with E-state index in [-0.39, 0.29) is 0 Å². The molecule has 0 aliphatic carbocycles. The van der Waals surface area contributed by atoms with Crippen molar-refractivity contribution in [1.29, 1.82) is 0 Å². The molecule has 0 aromatic heterocycles. The van der Waals surface area contributed by atoms with E-state index in [0.717, 1.165) is 24.5 Å². The monoisotopic (exact) mass is 287 g/mol. The molecule has 2 aromatic carbocycles. The van der Waals surface area contributed by atoms with Crippen LogP contribution in [0.25, 0.3) is 0 Å². The van der Waals surface area contributed by atoms with Crippen LogP contribution < -0.4 is 0 Å². The lowest BCUT2D eigenvalue weighted by Gasteiger charge is -2.18. The molecule has 0 saturated heterocycles. The molecule has 2 aromatic rings. The third kappa shape index (κ3) is 2.67. The number of phenolic OH excluding ortho intramolecular Hbond substituents is 1. The SMILES string of the molecule is CN1CC[C@@H](c2ccc(Cl)cc2)c2ccc(O)cc2C1. The maximum atomic E-state index is 9.72. The fraction of sp³-hybridized carbons (Fsp3) is 0.294. The Bertz CT molecular complexity index is 609. The molecule has 2 nitrogen and oxygen atoms in total. The Kier molecular flexibility index (Phi) is 3.68. The van der Waals surface area contributed by atoms with Crippen LogP contribution in [0.1, 0.15) is 29.0 Å². The Labute approximate surface area is 124 Å². The van der Waals surface area contributed by atoms with Crippen molar-refractivity contribution in [2.75, 3.05) is 13.6 Å². The first-order valence-electron chi connectivity index (χ1n) is 6.89. The van der Waals surface area contributed by atoms with Crippen LogP contribution in [0.2, 0.25) is 5.02 Å². The highest BCUT2D eigenvalue weighted by atomic mass is 35.5. The maximum absolute atomic E-state index is 9.72. The van der Waals surface area contributed by atoms with E-state index in [0.29, 0.717) is 11.7 Å². The highest BCUT2D eigenvalue weighted by Gasteiger charge is 2.22. The summed E-state index contributed by atoms with van der Waals surface area (Å²) in [7, 11) is 2.12. The van der Waals surface area contributed by atoms with Gasteiger partial charge < -0.3 is 10.0 Å². The number of hydrogen-bond acceptors (Lipinski definition) is 2. The Morgan fingerprint density at radius 3 is 2.65 bits per heavy atom. The van der Waals surface area contributed by atoms with Gasteiger partial charge in [0, 0.05) is 17.5 Å². The summed E-state index contributed by atoms with van der Waals surface area (Å²) in [5.41, 5.74) is 3.82. The molecule has 1 aliphatic rings. The van der Waals surface area contributed by atoms with Crippen LogP contribution in [0.5, 0.6) is 5.75 Å². The fourth-order valence-corrected chi connectivity index (χ4v) is 3.11. The number of nitrogens with zero attached hydrogens (tertiary/aromatic N) is 1. The molecule has 0 radical (unpaired) electrons. The van der Waals surface area contributed by atoms with E-state index in [4.69, 9.17) is 11.6 Å². The third-order valence-electron chi connectivity index (χ3n) is 4.01. The highest BCUT2D eigenvalue weighted by Crippen LogP contribution is 2.35. The Balaban J connectivity index is 2.05. The van der Waals surface area contributed by atoms with Gasteiger partial charge in [-0.1, -0.05) is 29.8 Å². The topological polar surface area (TPSA) is 23.5 Å². The van der Waals surface area contributed by atoms with Crippen LogP contribution in [-0.4, -0.2) is 23.6 Å². The molecular formula is C17H18ClNO. The van der Waals surface area contributed by atoms with Gasteiger partial charge in [-0.05, 0) is 61.0 Å². The van der Waals surface area contributed by atoms with Gasteiger partial charge in [0.15, 0.2) is 0 Å². The van der Waals surface area contributed by atoms with Crippen molar-refractivity contribution in [3.8, 4) is 5.75 Å². The largest absolute Gasteiger partial charge is 0.508 e. The molecule has 1 N–H and O–H groups in total. The van der Waals surface area contributed by atoms with E-state index in [1.807, 2.05) is 18.2 Å². The van der Waals surface area contributed by atoms with Crippen molar-refractivity contribution < 1.29 is 5.11 Å². The van der Waals surface area contributed by atoms with E-state index < -0.39 is 0 Å². The molecule has 0 bridgehead atoms. The van der Waals surface area contributed by atoms with Crippen LogP contribution in [0.4, 0.5) is 0 Å². The van der Waals surface area contributed by atoms with Gasteiger partial charge in [-0.25, -0.2) is 0 Å². The molecule has 104 valence electrons. The molecule has 20 heavy (non-hydrogen) atoms. The van der Waals surface area contributed by atoms with E-state index in [9.17, 15) is 5.11 Å². The minimum absolute atomic E-state index is 0.342. The van der Waals surface area contributed by atoms with Crippen LogP contribution >= 0.6 is 11.6 Å². The van der Waals surface area contributed by atoms with Gasteiger partial charge in [0.2, 0.25) is 0 Å². The molecule has 3 heteroatoms. The lowest BCUT2D eigenvalue weighted by Crippen LogP contribution is -2.17. The smallest absolute Gasteiger partial charge is 0.115 e. The highest BCUT2D eigenvalue weighted by molar-refractivity contribution is 6.30. The lowest BCUT2D eigenvalue weighted by atomic mass is 9.86. The van der Waals surface area contributed by atoms with Crippen molar-refractivity contribution in [2.45, 2.75) is 18.9 Å². The van der Waals surface area contributed by atoms with Gasteiger partial charge in [-0.2, -0.15) is 0 Å². The first-order chi connectivity index (χ1) is 9.63. The lowest BCUT2D eigenvalue weighted by molar-refractivity contribution is 0.328. The predicted molar refractivity (Wildman–Crippen MR) is 82.4 cm³/mol. The van der Waals surface area contributed by atoms with Crippen molar-refractivity contribution >= 4 is 11.6 Å².